The van der Waals surface area contributed by atoms with Gasteiger partial charge in [-0.1, -0.05) is 18.3 Å². The van der Waals surface area contributed by atoms with Gasteiger partial charge in [-0.05, 0) is 18.2 Å². The molecule has 21 heavy (non-hydrogen) atoms. The minimum absolute atomic E-state index is 0.236. The van der Waals surface area contributed by atoms with Crippen LogP contribution >= 0.6 is 23.1 Å². The number of nitrogens with two attached hydrogens (primary N) is 1. The number of ether oxygens (including phenoxy) is 1. The van der Waals surface area contributed by atoms with Crippen LogP contribution in [0.4, 0.5) is 11.1 Å². The molecule has 2 aromatic rings. The van der Waals surface area contributed by atoms with Gasteiger partial charge >= 0.3 is 6.01 Å². The van der Waals surface area contributed by atoms with Gasteiger partial charge < -0.3 is 9.64 Å². The average Bonchev–Trinajstić information content (AvgIpc) is 2.93. The minimum Gasteiger partial charge on any atom is -0.463 e. The second-order valence-corrected chi connectivity index (χ2v) is 6.23. The second-order valence-electron chi connectivity index (χ2n) is 4.06. The number of hydrogen-bond donors (Lipinski definition) is 2. The Morgan fingerprint density at radius 3 is 2.71 bits per heavy atom. The fourth-order valence-corrected chi connectivity index (χ4v) is 2.82. The molecule has 0 fully saturated rings. The molecule has 0 radical (unpaired) electrons. The lowest BCUT2D eigenvalue weighted by Gasteiger charge is -2.06. The first kappa shape index (κ1) is 15.7. The van der Waals surface area contributed by atoms with Crippen LogP contribution in [0.3, 0.4) is 0 Å². The molecule has 0 saturated heterocycles. The van der Waals surface area contributed by atoms with Crippen molar-refractivity contribution in [3.63, 3.8) is 0 Å². The maximum absolute atomic E-state index is 5.41. The molecular weight excluding hydrogens is 312 g/mol. The number of hydrogen-bond acceptors (Lipinski definition) is 11. The van der Waals surface area contributed by atoms with Crippen LogP contribution in [0.1, 0.15) is 13.3 Å². The minimum atomic E-state index is 0.236. The first-order valence-electron chi connectivity index (χ1n) is 6.16. The normalized spacial score (nSPS) is 10.5. The smallest absolute Gasteiger partial charge is 0.322 e. The van der Waals surface area contributed by atoms with E-state index in [1.807, 2.05) is 25.9 Å². The number of nitrogens with one attached hydrogen (secondary N) is 1. The van der Waals surface area contributed by atoms with E-state index in [0.29, 0.717) is 11.8 Å². The predicted octanol–water partition coefficient (Wildman–Crippen LogP) is 1.01. The molecular formula is C10H16N8OS2. The first-order chi connectivity index (χ1) is 10.1. The molecule has 0 aromatic carbocycles. The lowest BCUT2D eigenvalue weighted by molar-refractivity contribution is 0.288. The van der Waals surface area contributed by atoms with Crippen molar-refractivity contribution in [2.24, 2.45) is 5.84 Å². The molecule has 0 aliphatic rings. The van der Waals surface area contributed by atoms with Crippen LogP contribution in [-0.2, 0) is 0 Å². The molecule has 0 atom stereocenters. The number of nitrogen functional groups attached to an aromatic ring is 1. The van der Waals surface area contributed by atoms with Crippen LogP contribution in [-0.4, -0.2) is 45.9 Å². The van der Waals surface area contributed by atoms with Gasteiger partial charge in [0.25, 0.3) is 0 Å². The summed E-state index contributed by atoms with van der Waals surface area (Å²) in [6.07, 6.45) is 0.863. The summed E-state index contributed by atoms with van der Waals surface area (Å²) in [5.41, 5.74) is 2.40. The molecule has 0 spiro atoms. The SMILES string of the molecule is CCCOc1nc(NN)nc(Sc2nnc(N(C)C)s2)n1. The average molecular weight is 328 g/mol. The van der Waals surface area contributed by atoms with Crippen molar-refractivity contribution < 1.29 is 4.74 Å². The van der Waals surface area contributed by atoms with Crippen molar-refractivity contribution in [3.8, 4) is 6.01 Å². The zero-order valence-electron chi connectivity index (χ0n) is 11.9. The van der Waals surface area contributed by atoms with Gasteiger partial charge in [0.15, 0.2) is 4.34 Å². The van der Waals surface area contributed by atoms with Crippen molar-refractivity contribution in [1.29, 1.82) is 0 Å². The van der Waals surface area contributed by atoms with E-state index in [1.165, 1.54) is 23.1 Å². The fraction of sp³-hybridized carbons (Fsp3) is 0.500. The highest BCUT2D eigenvalue weighted by Crippen LogP contribution is 2.31. The van der Waals surface area contributed by atoms with Crippen molar-refractivity contribution in [2.75, 3.05) is 31.0 Å². The fourth-order valence-electron chi connectivity index (χ4n) is 1.21. The van der Waals surface area contributed by atoms with E-state index >= 15 is 0 Å². The summed E-state index contributed by atoms with van der Waals surface area (Å²) < 4.78 is 6.14. The van der Waals surface area contributed by atoms with Crippen LogP contribution in [0, 0.1) is 0 Å². The molecule has 3 N–H and O–H groups in total. The van der Waals surface area contributed by atoms with Crippen LogP contribution in [0.2, 0.25) is 0 Å². The summed E-state index contributed by atoms with van der Waals surface area (Å²) in [5.74, 6) is 5.60. The summed E-state index contributed by atoms with van der Waals surface area (Å²) in [5, 5.41) is 9.40. The van der Waals surface area contributed by atoms with E-state index in [2.05, 4.69) is 30.6 Å². The molecule has 9 nitrogen and oxygen atoms in total. The lowest BCUT2D eigenvalue weighted by Crippen LogP contribution is -2.13. The number of anilines is 2. The Morgan fingerprint density at radius 2 is 2.10 bits per heavy atom. The quantitative estimate of drug-likeness (QED) is 0.563. The zero-order chi connectivity index (χ0) is 15.2. The highest BCUT2D eigenvalue weighted by Gasteiger charge is 2.12. The maximum Gasteiger partial charge on any atom is 0.322 e. The number of nitrogens with zero attached hydrogens (tertiary/aromatic N) is 6. The molecule has 0 saturated carbocycles. The van der Waals surface area contributed by atoms with Gasteiger partial charge in [-0.2, -0.15) is 15.0 Å². The molecule has 0 aliphatic carbocycles. The van der Waals surface area contributed by atoms with Crippen molar-refractivity contribution in [1.82, 2.24) is 25.1 Å². The molecule has 114 valence electrons. The Labute approximate surface area is 130 Å². The monoisotopic (exact) mass is 328 g/mol. The van der Waals surface area contributed by atoms with E-state index in [9.17, 15) is 0 Å². The summed E-state index contributed by atoms with van der Waals surface area (Å²) in [4.78, 5) is 14.3. The van der Waals surface area contributed by atoms with Gasteiger partial charge in [0, 0.05) is 14.1 Å². The largest absolute Gasteiger partial charge is 0.463 e. The highest BCUT2D eigenvalue weighted by molar-refractivity contribution is 8.00. The third-order valence-electron chi connectivity index (χ3n) is 2.12. The predicted molar refractivity (Wildman–Crippen MR) is 81.8 cm³/mol. The Kier molecular flexibility index (Phi) is 5.47. The van der Waals surface area contributed by atoms with Gasteiger partial charge in [0.2, 0.25) is 16.2 Å². The van der Waals surface area contributed by atoms with Gasteiger partial charge in [-0.3, -0.25) is 5.43 Å². The molecule has 0 amide bonds. The van der Waals surface area contributed by atoms with Crippen LogP contribution in [0.5, 0.6) is 6.01 Å². The third-order valence-corrected chi connectivity index (χ3v) is 4.12. The summed E-state index contributed by atoms with van der Waals surface area (Å²) in [6.45, 7) is 2.53. The van der Waals surface area contributed by atoms with Crippen molar-refractivity contribution in [3.05, 3.63) is 0 Å². The van der Waals surface area contributed by atoms with Gasteiger partial charge in [-0.15, -0.1) is 10.2 Å². The summed E-state index contributed by atoms with van der Waals surface area (Å²) in [7, 11) is 3.82. The van der Waals surface area contributed by atoms with Crippen molar-refractivity contribution >= 4 is 34.2 Å². The Balaban J connectivity index is 2.17. The lowest BCUT2D eigenvalue weighted by atomic mass is 10.5. The molecule has 0 unspecified atom stereocenters. The molecule has 2 heterocycles. The summed E-state index contributed by atoms with van der Waals surface area (Å²) >= 11 is 2.73. The van der Waals surface area contributed by atoms with Gasteiger partial charge in [0.1, 0.15) is 0 Å². The van der Waals surface area contributed by atoms with E-state index in [0.717, 1.165) is 15.9 Å². The Hall–Kier alpha value is -1.72. The van der Waals surface area contributed by atoms with E-state index in [1.54, 1.807) is 0 Å². The molecule has 2 aromatic heterocycles. The number of hydrazine groups is 1. The number of aromatic nitrogens is 5. The van der Waals surface area contributed by atoms with Crippen LogP contribution in [0.25, 0.3) is 0 Å². The summed E-state index contributed by atoms with van der Waals surface area (Å²) in [6, 6.07) is 0.236. The zero-order valence-corrected chi connectivity index (χ0v) is 13.5. The molecule has 0 aliphatic heterocycles. The molecule has 11 heteroatoms. The van der Waals surface area contributed by atoms with Gasteiger partial charge in [-0.25, -0.2) is 5.84 Å². The second kappa shape index (κ2) is 7.33. The molecule has 0 bridgehead atoms. The standard InChI is InChI=1S/C10H16N8OS2/c1-4-5-19-7-12-6(15-11)13-8(14-7)20-10-17-16-9(21-10)18(2)3/h4-5,11H2,1-3H3,(H,12,13,14,15). The topological polar surface area (TPSA) is 115 Å². The van der Waals surface area contributed by atoms with Crippen molar-refractivity contribution in [2.45, 2.75) is 22.8 Å². The highest BCUT2D eigenvalue weighted by atomic mass is 32.2. The maximum atomic E-state index is 5.41. The van der Waals surface area contributed by atoms with Crippen LogP contribution in [0.15, 0.2) is 9.50 Å². The third kappa shape index (κ3) is 4.37. The Morgan fingerprint density at radius 1 is 1.29 bits per heavy atom. The van der Waals surface area contributed by atoms with Gasteiger partial charge in [0.05, 0.1) is 6.61 Å². The molecule has 2 rings (SSSR count). The Bertz CT molecular complexity index is 590. The van der Waals surface area contributed by atoms with E-state index in [4.69, 9.17) is 10.6 Å². The number of rotatable bonds is 7. The van der Waals surface area contributed by atoms with E-state index < -0.39 is 0 Å². The first-order valence-corrected chi connectivity index (χ1v) is 7.79. The van der Waals surface area contributed by atoms with Crippen LogP contribution < -0.4 is 20.9 Å². The van der Waals surface area contributed by atoms with E-state index in [-0.39, 0.29) is 12.0 Å².